The van der Waals surface area contributed by atoms with Crippen molar-refractivity contribution in [3.8, 4) is 0 Å². The summed E-state index contributed by atoms with van der Waals surface area (Å²) in [6, 6.07) is 9.43. The van der Waals surface area contributed by atoms with Crippen LogP contribution in [0.15, 0.2) is 54.0 Å². The average molecular weight is 1130 g/mol. The van der Waals surface area contributed by atoms with Crippen LogP contribution in [0.25, 0.3) is 11.0 Å². The molecule has 0 radical (unpaired) electrons. The molecule has 7 N–H and O–H groups in total. The number of aromatic nitrogens is 3. The lowest BCUT2D eigenvalue weighted by Crippen LogP contribution is -2.75. The molecule has 12 heteroatoms. The van der Waals surface area contributed by atoms with Crippen LogP contribution in [0.5, 0.6) is 0 Å². The molecule has 1 aromatic carbocycles. The lowest BCUT2D eigenvalue weighted by Gasteiger charge is -2.76. The van der Waals surface area contributed by atoms with E-state index in [0.29, 0.717) is 82.3 Å². The topological polar surface area (TPSA) is 185 Å². The Morgan fingerprint density at radius 3 is 2.41 bits per heavy atom. The Labute approximate surface area is 492 Å². The highest BCUT2D eigenvalue weighted by Gasteiger charge is 2.81. The van der Waals surface area contributed by atoms with E-state index in [9.17, 15) is 20.4 Å². The van der Waals surface area contributed by atoms with Crippen LogP contribution in [-0.4, -0.2) is 103 Å². The van der Waals surface area contributed by atoms with Gasteiger partial charge in [0.25, 0.3) is 0 Å². The SMILES string of the molecule is CN[C@@H]1CCC[C@@]2(C1)C(=O)[C@@H]1c3cc[nH]c3[C@@H]3CC[C@]1(C3)[C@@]1(C)[C@H]3[C@H](O)[C@@H]4Cn5cc([C@H](CCO)c6cc(C7CCCCC7)cc(C7(O)CCOCC7)c6)c6[nH]cc(c65)CC[C@@](C)(C[C@@H](O)[C@H]5OC5(C)C)C5=C4[C@](C)(CC5=O)[C@@]3(C)CC[C@@H]21. The summed E-state index contributed by atoms with van der Waals surface area (Å²) in [5.41, 5.74) is 7.51. The first kappa shape index (κ1) is 55.7. The Bertz CT molecular complexity index is 3300. The molecule has 11 aliphatic rings. The maximum Gasteiger partial charge on any atom is 0.160 e. The van der Waals surface area contributed by atoms with Crippen molar-refractivity contribution in [3.05, 3.63) is 93.1 Å². The van der Waals surface area contributed by atoms with Crippen molar-refractivity contribution in [2.75, 3.05) is 26.9 Å². The van der Waals surface area contributed by atoms with Crippen LogP contribution in [0.2, 0.25) is 0 Å². The summed E-state index contributed by atoms with van der Waals surface area (Å²) >= 11 is 0. The summed E-state index contributed by atoms with van der Waals surface area (Å²) in [7, 11) is 2.08. The van der Waals surface area contributed by atoms with Crippen LogP contribution in [0, 0.1) is 50.2 Å². The molecule has 2 spiro atoms. The Balaban J connectivity index is 0.931. The van der Waals surface area contributed by atoms with Gasteiger partial charge in [-0.15, -0.1) is 0 Å². The number of aliphatic hydroxyl groups is 4. The zero-order valence-electron chi connectivity index (χ0n) is 50.9. The van der Waals surface area contributed by atoms with Gasteiger partial charge in [0, 0.05) is 110 Å². The molecule has 2 saturated heterocycles. The number of rotatable bonds is 10. The van der Waals surface area contributed by atoms with E-state index in [2.05, 4.69) is 97.5 Å². The minimum absolute atomic E-state index is 0.0147. The maximum atomic E-state index is 16.4. The molecule has 16 atom stereocenters. The Morgan fingerprint density at radius 2 is 1.66 bits per heavy atom. The number of allylic oxidation sites excluding steroid dienone is 1. The van der Waals surface area contributed by atoms with E-state index in [1.165, 1.54) is 36.1 Å². The molecule has 12 nitrogen and oxygen atoms in total. The van der Waals surface area contributed by atoms with Crippen molar-refractivity contribution in [1.82, 2.24) is 19.9 Å². The summed E-state index contributed by atoms with van der Waals surface area (Å²) in [5.74, 6) is 0.303. The number of aromatic amines is 2. The zero-order valence-corrected chi connectivity index (χ0v) is 50.9. The summed E-state index contributed by atoms with van der Waals surface area (Å²) < 4.78 is 14.5. The minimum Gasteiger partial charge on any atom is -0.396 e. The lowest BCUT2D eigenvalue weighted by atomic mass is 9.27. The number of Topliss-reactive ketones (excluding diaryl/α,β-unsaturated/α-hetero) is 2. The van der Waals surface area contributed by atoms with E-state index in [1.54, 1.807) is 0 Å². The molecule has 0 amide bonds. The van der Waals surface area contributed by atoms with Gasteiger partial charge >= 0.3 is 0 Å². The Hall–Kier alpha value is -3.88. The van der Waals surface area contributed by atoms with Gasteiger partial charge in [0.15, 0.2) is 5.78 Å². The summed E-state index contributed by atoms with van der Waals surface area (Å²) in [6.07, 6.45) is 22.6. The van der Waals surface area contributed by atoms with Crippen LogP contribution in [-0.2, 0) is 37.6 Å². The molecule has 8 fully saturated rings. The van der Waals surface area contributed by atoms with Crippen LogP contribution in [0.1, 0.15) is 233 Å². The van der Waals surface area contributed by atoms with Crippen molar-refractivity contribution in [2.24, 2.45) is 50.2 Å². The predicted octanol–water partition coefficient (Wildman–Crippen LogP) is 11.8. The van der Waals surface area contributed by atoms with Gasteiger partial charge in [-0.2, -0.15) is 0 Å². The van der Waals surface area contributed by atoms with E-state index in [-0.39, 0.29) is 53.6 Å². The van der Waals surface area contributed by atoms with Crippen LogP contribution in [0.3, 0.4) is 0 Å². The first-order valence-corrected chi connectivity index (χ1v) is 33.2. The van der Waals surface area contributed by atoms with Crippen LogP contribution in [0.4, 0.5) is 0 Å². The van der Waals surface area contributed by atoms with Crippen molar-refractivity contribution < 1.29 is 39.5 Å². The number of benzene rings is 1. The fourth-order valence-corrected chi connectivity index (χ4v) is 23.3. The fraction of sp³-hybridized carbons (Fsp3) is 0.718. The molecule has 0 unspecified atom stereocenters. The molecule has 3 aromatic heterocycles. The van der Waals surface area contributed by atoms with E-state index < -0.39 is 56.4 Å². The smallest absolute Gasteiger partial charge is 0.160 e. The second-order valence-electron chi connectivity index (χ2n) is 31.2. The zero-order chi connectivity index (χ0) is 57.6. The van der Waals surface area contributed by atoms with E-state index >= 15 is 9.59 Å². The number of nitrogens with one attached hydrogen (secondary N) is 3. The van der Waals surface area contributed by atoms with E-state index in [4.69, 9.17) is 9.47 Å². The number of hydrogen-bond donors (Lipinski definition) is 7. The highest BCUT2D eigenvalue weighted by Crippen LogP contribution is 2.84. The minimum atomic E-state index is -1.01. The number of epoxide rings is 1. The number of hydrogen-bond acceptors (Lipinski definition) is 9. The normalized spacial score (nSPS) is 41.3. The van der Waals surface area contributed by atoms with E-state index in [0.717, 1.165) is 115 Å². The highest BCUT2D eigenvalue weighted by molar-refractivity contribution is 6.02. The predicted molar refractivity (Wildman–Crippen MR) is 320 cm³/mol. The molecule has 3 aliphatic heterocycles. The summed E-state index contributed by atoms with van der Waals surface area (Å²) in [6.45, 7) is 15.3. The molecule has 2 bridgehead atoms. The van der Waals surface area contributed by atoms with Crippen molar-refractivity contribution >= 4 is 22.6 Å². The number of aryl methyl sites for hydroxylation is 1. The Morgan fingerprint density at radius 1 is 0.880 bits per heavy atom. The third kappa shape index (κ3) is 7.60. The first-order chi connectivity index (χ1) is 39.7. The van der Waals surface area contributed by atoms with Crippen molar-refractivity contribution in [3.63, 3.8) is 0 Å². The lowest BCUT2D eigenvalue weighted by molar-refractivity contribution is -0.271. The van der Waals surface area contributed by atoms with E-state index in [1.807, 2.05) is 13.8 Å². The number of aliphatic hydroxyl groups excluding tert-OH is 3. The van der Waals surface area contributed by atoms with Gasteiger partial charge in [-0.3, -0.25) is 9.59 Å². The Kier molecular flexibility index (Phi) is 12.8. The standard InChI is InChI=1S/C71H96N4O8/c1-64(2)63(83-64)52(78)35-65(3)21-15-42-37-74-58-49(47(19-27-76)44-30-43(40-12-9-8-10-13-40)31-45(32-44)71(81)24-28-82-29-25-71)38-75(59(42)58)39-50-54-56(65)51(77)36-67(54,5)66(4)22-17-53-68(6,61(66)60(50)79)70-23-16-41(33-70)57-48(18-26-73-57)55(70)62(80)69(53)20-11-14-46(34-69)72-7/h18,26,30-32,37-38,40-41,46-47,50,52-53,55,60-61,63,72-74,76,78-79,81H,8-17,19-25,27-29,33-36,39H2,1-7H3/t41-,46-,47-,50-,52-,53-,55+,60-,61+,63-,65+,66+,67+,68-,69+,70-/m1/s1. The number of carbonyl (C=O) groups excluding carboxylic acids is 2. The monoisotopic (exact) mass is 1130 g/mol. The number of ether oxygens (including phenoxy) is 2. The quantitative estimate of drug-likeness (QED) is 0.0759. The van der Waals surface area contributed by atoms with Crippen LogP contribution < -0.4 is 5.32 Å². The van der Waals surface area contributed by atoms with Crippen molar-refractivity contribution in [1.29, 1.82) is 0 Å². The molecule has 8 aliphatic carbocycles. The molecule has 4 aromatic rings. The van der Waals surface area contributed by atoms with Crippen LogP contribution >= 0.6 is 0 Å². The molecule has 83 heavy (non-hydrogen) atoms. The summed E-state index contributed by atoms with van der Waals surface area (Å²) in [5, 5.41) is 54.6. The molecule has 6 saturated carbocycles. The molecule has 15 rings (SSSR count). The molecule has 6 heterocycles. The van der Waals surface area contributed by atoms with Gasteiger partial charge in [-0.1, -0.05) is 71.6 Å². The third-order valence-corrected chi connectivity index (χ3v) is 27.3. The highest BCUT2D eigenvalue weighted by atomic mass is 16.6. The molecular weight excluding hydrogens is 1040 g/mol. The largest absolute Gasteiger partial charge is 0.396 e. The number of nitrogens with zero attached hydrogens (tertiary/aromatic N) is 1. The summed E-state index contributed by atoms with van der Waals surface area (Å²) in [4.78, 5) is 40.0. The van der Waals surface area contributed by atoms with Gasteiger partial charge in [0.2, 0.25) is 0 Å². The number of ketones is 2. The number of H-pyrrole nitrogens is 2. The van der Waals surface area contributed by atoms with Gasteiger partial charge < -0.3 is 49.8 Å². The van der Waals surface area contributed by atoms with Gasteiger partial charge in [-0.05, 0) is 196 Å². The third-order valence-electron chi connectivity index (χ3n) is 27.3. The maximum absolute atomic E-state index is 16.4. The second-order valence-corrected chi connectivity index (χ2v) is 31.2. The first-order valence-electron chi connectivity index (χ1n) is 33.2. The number of carbonyl (C=O) groups is 2. The molecule has 448 valence electrons. The van der Waals surface area contributed by atoms with Gasteiger partial charge in [0.05, 0.1) is 40.4 Å². The van der Waals surface area contributed by atoms with Gasteiger partial charge in [-0.25, -0.2) is 0 Å². The molecular formula is C71H96N4O8. The van der Waals surface area contributed by atoms with Crippen molar-refractivity contribution in [2.45, 2.75) is 242 Å². The van der Waals surface area contributed by atoms with Gasteiger partial charge in [0.1, 0.15) is 11.9 Å². The average Bonchev–Trinajstić information content (AvgIpc) is 1.64. The number of fused-ring (bicyclic) bond motifs is 9. The second kappa shape index (κ2) is 19.1. The fourth-order valence-electron chi connectivity index (χ4n) is 23.3.